The predicted molar refractivity (Wildman–Crippen MR) is 66.8 cm³/mol. The maximum absolute atomic E-state index is 13.3. The summed E-state index contributed by atoms with van der Waals surface area (Å²) >= 11 is 0. The first-order chi connectivity index (χ1) is 8.60. The number of benzene rings is 2. The van der Waals surface area contributed by atoms with Crippen LogP contribution in [0.15, 0.2) is 36.4 Å². The molecule has 3 nitrogen and oxygen atoms in total. The fraction of sp³-hybridized carbons (Fsp3) is 0.0714. The number of anilines is 1. The maximum atomic E-state index is 13.3. The fourth-order valence-corrected chi connectivity index (χ4v) is 1.53. The summed E-state index contributed by atoms with van der Waals surface area (Å²) in [5, 5.41) is 8.76. The Labute approximate surface area is 104 Å². The topological polar surface area (TPSA) is 59.0 Å². The second-order valence-corrected chi connectivity index (χ2v) is 3.88. The van der Waals surface area contributed by atoms with E-state index in [1.807, 2.05) is 13.0 Å². The van der Waals surface area contributed by atoms with E-state index in [1.165, 1.54) is 12.1 Å². The lowest BCUT2D eigenvalue weighted by molar-refractivity contribution is 0.473. The quantitative estimate of drug-likeness (QED) is 0.821. The summed E-state index contributed by atoms with van der Waals surface area (Å²) in [5.74, 6) is 0.437. The van der Waals surface area contributed by atoms with Crippen LogP contribution in [0.25, 0.3) is 0 Å². The minimum Gasteiger partial charge on any atom is -0.457 e. The lowest BCUT2D eigenvalue weighted by atomic mass is 10.1. The molecular formula is C14H11FN2O. The van der Waals surface area contributed by atoms with Gasteiger partial charge in [0.05, 0.1) is 17.3 Å². The van der Waals surface area contributed by atoms with Crippen molar-refractivity contribution in [1.29, 1.82) is 5.26 Å². The SMILES string of the molecule is Cc1cc(C#N)ccc1Oc1ccc(N)c(F)c1. The number of hydrogen-bond acceptors (Lipinski definition) is 3. The third-order valence-corrected chi connectivity index (χ3v) is 2.50. The van der Waals surface area contributed by atoms with Crippen molar-refractivity contribution < 1.29 is 9.13 Å². The molecule has 18 heavy (non-hydrogen) atoms. The average molecular weight is 242 g/mol. The number of halogens is 1. The zero-order chi connectivity index (χ0) is 13.1. The summed E-state index contributed by atoms with van der Waals surface area (Å²) in [7, 11) is 0. The summed E-state index contributed by atoms with van der Waals surface area (Å²) in [4.78, 5) is 0. The van der Waals surface area contributed by atoms with E-state index < -0.39 is 5.82 Å². The molecule has 0 aliphatic rings. The van der Waals surface area contributed by atoms with Gasteiger partial charge in [-0.3, -0.25) is 0 Å². The molecule has 0 radical (unpaired) electrons. The highest BCUT2D eigenvalue weighted by Gasteiger charge is 2.05. The highest BCUT2D eigenvalue weighted by molar-refractivity contribution is 5.47. The zero-order valence-corrected chi connectivity index (χ0v) is 9.77. The van der Waals surface area contributed by atoms with E-state index in [4.69, 9.17) is 15.7 Å². The molecule has 0 fully saturated rings. The number of nitriles is 1. The number of nitrogens with zero attached hydrogens (tertiary/aromatic N) is 1. The van der Waals surface area contributed by atoms with Crippen LogP contribution in [0.5, 0.6) is 11.5 Å². The van der Waals surface area contributed by atoms with Crippen molar-refractivity contribution in [2.45, 2.75) is 6.92 Å². The summed E-state index contributed by atoms with van der Waals surface area (Å²) in [6, 6.07) is 11.4. The monoisotopic (exact) mass is 242 g/mol. The fourth-order valence-electron chi connectivity index (χ4n) is 1.53. The molecule has 4 heteroatoms. The second-order valence-electron chi connectivity index (χ2n) is 3.88. The van der Waals surface area contributed by atoms with Crippen molar-refractivity contribution in [3.8, 4) is 17.6 Å². The minimum absolute atomic E-state index is 0.0823. The van der Waals surface area contributed by atoms with Crippen LogP contribution < -0.4 is 10.5 Å². The van der Waals surface area contributed by atoms with Crippen molar-refractivity contribution in [2.24, 2.45) is 0 Å². The Morgan fingerprint density at radius 1 is 1.22 bits per heavy atom. The van der Waals surface area contributed by atoms with Crippen LogP contribution in [0.2, 0.25) is 0 Å². The molecule has 0 spiro atoms. The third-order valence-electron chi connectivity index (χ3n) is 2.50. The van der Waals surface area contributed by atoms with Gasteiger partial charge in [-0.15, -0.1) is 0 Å². The van der Waals surface area contributed by atoms with Gasteiger partial charge in [0.25, 0.3) is 0 Å². The van der Waals surface area contributed by atoms with Gasteiger partial charge < -0.3 is 10.5 Å². The lowest BCUT2D eigenvalue weighted by Gasteiger charge is -2.09. The molecule has 0 aromatic heterocycles. The van der Waals surface area contributed by atoms with Crippen molar-refractivity contribution in [1.82, 2.24) is 0 Å². The van der Waals surface area contributed by atoms with Crippen LogP contribution in [0.4, 0.5) is 10.1 Å². The first kappa shape index (κ1) is 11.9. The predicted octanol–water partition coefficient (Wildman–Crippen LogP) is 3.38. The van der Waals surface area contributed by atoms with E-state index in [0.29, 0.717) is 17.1 Å². The molecular weight excluding hydrogens is 231 g/mol. The van der Waals surface area contributed by atoms with Gasteiger partial charge in [-0.1, -0.05) is 0 Å². The van der Waals surface area contributed by atoms with E-state index in [0.717, 1.165) is 5.56 Å². The van der Waals surface area contributed by atoms with Gasteiger partial charge in [0.15, 0.2) is 0 Å². The molecule has 0 unspecified atom stereocenters. The molecule has 2 rings (SSSR count). The number of nitrogens with two attached hydrogens (primary N) is 1. The molecule has 0 aliphatic carbocycles. The normalized spacial score (nSPS) is 9.83. The van der Waals surface area contributed by atoms with E-state index >= 15 is 0 Å². The van der Waals surface area contributed by atoms with Crippen molar-refractivity contribution in [2.75, 3.05) is 5.73 Å². The lowest BCUT2D eigenvalue weighted by Crippen LogP contribution is -1.93. The Kier molecular flexibility index (Phi) is 3.16. The highest BCUT2D eigenvalue weighted by Crippen LogP contribution is 2.27. The van der Waals surface area contributed by atoms with Gasteiger partial charge >= 0.3 is 0 Å². The Bertz CT molecular complexity index is 632. The molecule has 0 bridgehead atoms. The Morgan fingerprint density at radius 2 is 2.00 bits per heavy atom. The second kappa shape index (κ2) is 4.76. The van der Waals surface area contributed by atoms with Gasteiger partial charge in [-0.2, -0.15) is 5.26 Å². The van der Waals surface area contributed by atoms with Gasteiger partial charge in [0.1, 0.15) is 17.3 Å². The molecule has 0 aliphatic heterocycles. The molecule has 2 aromatic rings. The van der Waals surface area contributed by atoms with Crippen LogP contribution in [-0.2, 0) is 0 Å². The number of aryl methyl sites for hydroxylation is 1. The average Bonchev–Trinajstić information content (AvgIpc) is 2.36. The Hall–Kier alpha value is -2.54. The third kappa shape index (κ3) is 2.41. The summed E-state index contributed by atoms with van der Waals surface area (Å²) < 4.78 is 18.8. The van der Waals surface area contributed by atoms with Crippen molar-refractivity contribution in [3.05, 3.63) is 53.3 Å². The van der Waals surface area contributed by atoms with E-state index in [-0.39, 0.29) is 5.69 Å². The zero-order valence-electron chi connectivity index (χ0n) is 9.77. The van der Waals surface area contributed by atoms with Crippen LogP contribution in [0, 0.1) is 24.1 Å². The maximum Gasteiger partial charge on any atom is 0.149 e. The molecule has 0 amide bonds. The van der Waals surface area contributed by atoms with Gasteiger partial charge in [0, 0.05) is 6.07 Å². The summed E-state index contributed by atoms with van der Waals surface area (Å²) in [6.07, 6.45) is 0. The summed E-state index contributed by atoms with van der Waals surface area (Å²) in [6.45, 7) is 1.82. The molecule has 0 saturated carbocycles. The first-order valence-corrected chi connectivity index (χ1v) is 5.34. The first-order valence-electron chi connectivity index (χ1n) is 5.34. The molecule has 90 valence electrons. The molecule has 0 heterocycles. The summed E-state index contributed by atoms with van der Waals surface area (Å²) in [5.41, 5.74) is 6.84. The number of rotatable bonds is 2. The van der Waals surface area contributed by atoms with Gasteiger partial charge in [0.2, 0.25) is 0 Å². The standard InChI is InChI=1S/C14H11FN2O/c1-9-6-10(8-16)2-5-14(9)18-11-3-4-13(17)12(15)7-11/h2-7H,17H2,1H3. The molecule has 0 saturated heterocycles. The molecule has 2 N–H and O–H groups in total. The highest BCUT2D eigenvalue weighted by atomic mass is 19.1. The largest absolute Gasteiger partial charge is 0.457 e. The van der Waals surface area contributed by atoms with Crippen LogP contribution in [0.1, 0.15) is 11.1 Å². The van der Waals surface area contributed by atoms with Crippen molar-refractivity contribution in [3.63, 3.8) is 0 Å². The minimum atomic E-state index is -0.515. The molecule has 0 atom stereocenters. The van der Waals surface area contributed by atoms with Crippen molar-refractivity contribution >= 4 is 5.69 Å². The smallest absolute Gasteiger partial charge is 0.149 e. The van der Waals surface area contributed by atoms with Gasteiger partial charge in [-0.05, 0) is 42.8 Å². The molecule has 2 aromatic carbocycles. The van der Waals surface area contributed by atoms with E-state index in [2.05, 4.69) is 0 Å². The number of hydrogen-bond donors (Lipinski definition) is 1. The van der Waals surface area contributed by atoms with Gasteiger partial charge in [-0.25, -0.2) is 4.39 Å². The van der Waals surface area contributed by atoms with E-state index in [1.54, 1.807) is 24.3 Å². The van der Waals surface area contributed by atoms with E-state index in [9.17, 15) is 4.39 Å². The van der Waals surface area contributed by atoms with Crippen LogP contribution in [-0.4, -0.2) is 0 Å². The number of nitrogen functional groups attached to an aromatic ring is 1. The van der Waals surface area contributed by atoms with Crippen LogP contribution in [0.3, 0.4) is 0 Å². The number of ether oxygens (including phenoxy) is 1. The van der Waals surface area contributed by atoms with Crippen LogP contribution >= 0.6 is 0 Å². The Morgan fingerprint density at radius 3 is 2.61 bits per heavy atom. The Balaban J connectivity index is 2.29.